The van der Waals surface area contributed by atoms with E-state index in [4.69, 9.17) is 10.6 Å². The minimum absolute atomic E-state index is 0.645. The van der Waals surface area contributed by atoms with Crippen molar-refractivity contribution in [3.8, 4) is 5.88 Å². The summed E-state index contributed by atoms with van der Waals surface area (Å²) in [5.41, 5.74) is 6.42. The monoisotopic (exact) mass is 378 g/mol. The molecule has 2 aliphatic heterocycles. The Bertz CT molecular complexity index is 864. The van der Waals surface area contributed by atoms with E-state index >= 15 is 0 Å². The zero-order valence-electron chi connectivity index (χ0n) is 16.8. The highest BCUT2D eigenvalue weighted by Crippen LogP contribution is 2.29. The summed E-state index contributed by atoms with van der Waals surface area (Å²) in [6.45, 7) is 10.2. The molecular weight excluding hydrogens is 348 g/mol. The Labute approximate surface area is 167 Å². The van der Waals surface area contributed by atoms with Gasteiger partial charge in [-0.3, -0.25) is 9.91 Å². The molecule has 0 aliphatic carbocycles. The number of benzene rings is 1. The molecule has 2 aliphatic rings. The number of fused-ring (bicyclic) bond motifs is 2. The van der Waals surface area contributed by atoms with Crippen molar-refractivity contribution < 1.29 is 4.74 Å². The Hall–Kier alpha value is -2.37. The highest BCUT2D eigenvalue weighted by molar-refractivity contribution is 5.54. The van der Waals surface area contributed by atoms with Crippen LogP contribution in [0.5, 0.6) is 5.88 Å². The van der Waals surface area contributed by atoms with Gasteiger partial charge in [-0.2, -0.15) is 4.98 Å². The number of nitrogens with two attached hydrogens (primary N) is 1. The van der Waals surface area contributed by atoms with Crippen LogP contribution < -0.4 is 15.6 Å². The van der Waals surface area contributed by atoms with Crippen LogP contribution in [0.3, 0.4) is 0 Å². The van der Waals surface area contributed by atoms with E-state index in [0.717, 1.165) is 68.8 Å². The third-order valence-corrected chi connectivity index (χ3v) is 5.75. The Balaban J connectivity index is 1.22. The molecule has 0 amide bonds. The van der Waals surface area contributed by atoms with Gasteiger partial charge in [0.25, 0.3) is 0 Å². The predicted molar refractivity (Wildman–Crippen MR) is 113 cm³/mol. The number of aryl methyl sites for hydroxylation is 2. The predicted octanol–water partition coefficient (Wildman–Crippen LogP) is 3.75. The SMILES string of the molecule is C=C1CCc2ccc(OCCCCN3CCc4ccc(C)cc4C3)nc2N1N. The fraction of sp³-hybridized carbons (Fsp3) is 0.435. The maximum Gasteiger partial charge on any atom is 0.215 e. The number of nitrogens with zero attached hydrogens (tertiary/aromatic N) is 3. The smallest absolute Gasteiger partial charge is 0.215 e. The normalized spacial score (nSPS) is 16.6. The maximum atomic E-state index is 6.07. The molecule has 1 aromatic heterocycles. The Morgan fingerprint density at radius 1 is 1.07 bits per heavy atom. The van der Waals surface area contributed by atoms with Crippen LogP contribution in [-0.4, -0.2) is 29.6 Å². The summed E-state index contributed by atoms with van der Waals surface area (Å²) in [4.78, 5) is 7.13. The number of hydrogen-bond donors (Lipinski definition) is 1. The van der Waals surface area contributed by atoms with E-state index in [2.05, 4.69) is 47.7 Å². The number of anilines is 1. The van der Waals surface area contributed by atoms with Crippen LogP contribution in [0.1, 0.15) is 41.5 Å². The zero-order chi connectivity index (χ0) is 19.5. The zero-order valence-corrected chi connectivity index (χ0v) is 16.8. The number of allylic oxidation sites excluding steroid dienone is 1. The first-order chi connectivity index (χ1) is 13.6. The highest BCUT2D eigenvalue weighted by Gasteiger charge is 2.19. The number of unbranched alkanes of at least 4 members (excludes halogenated alkanes) is 1. The van der Waals surface area contributed by atoms with Crippen LogP contribution in [-0.2, 0) is 19.4 Å². The van der Waals surface area contributed by atoms with Crippen molar-refractivity contribution in [1.82, 2.24) is 9.88 Å². The standard InChI is InChI=1S/C23H30N4O/c1-17-5-7-19-11-13-26(16-21(19)15-17)12-3-4-14-28-22-10-9-20-8-6-18(2)27(24)23(20)25-22/h5,7,9-10,15H,2-4,6,8,11-14,16,24H2,1H3. The summed E-state index contributed by atoms with van der Waals surface area (Å²) in [7, 11) is 0. The van der Waals surface area contributed by atoms with Gasteiger partial charge in [0.05, 0.1) is 6.61 Å². The van der Waals surface area contributed by atoms with Gasteiger partial charge in [0.1, 0.15) is 0 Å². The first-order valence-electron chi connectivity index (χ1n) is 10.3. The molecule has 1 aromatic carbocycles. The molecule has 0 radical (unpaired) electrons. The molecule has 0 saturated heterocycles. The van der Waals surface area contributed by atoms with E-state index in [0.29, 0.717) is 12.5 Å². The van der Waals surface area contributed by atoms with E-state index in [1.165, 1.54) is 16.7 Å². The fourth-order valence-corrected chi connectivity index (χ4v) is 4.04. The van der Waals surface area contributed by atoms with Crippen LogP contribution in [0.25, 0.3) is 0 Å². The van der Waals surface area contributed by atoms with Crippen molar-refractivity contribution in [1.29, 1.82) is 0 Å². The summed E-state index contributed by atoms with van der Waals surface area (Å²) >= 11 is 0. The van der Waals surface area contributed by atoms with E-state index < -0.39 is 0 Å². The van der Waals surface area contributed by atoms with Gasteiger partial charge in [0, 0.05) is 24.9 Å². The summed E-state index contributed by atoms with van der Waals surface area (Å²) in [5.74, 6) is 7.49. The largest absolute Gasteiger partial charge is 0.478 e. The number of pyridine rings is 1. The molecule has 2 aromatic rings. The molecule has 0 fully saturated rings. The first-order valence-corrected chi connectivity index (χ1v) is 10.3. The number of aromatic nitrogens is 1. The maximum absolute atomic E-state index is 6.07. The molecule has 3 heterocycles. The van der Waals surface area contributed by atoms with Crippen molar-refractivity contribution in [3.05, 3.63) is 64.9 Å². The van der Waals surface area contributed by atoms with Crippen molar-refractivity contribution >= 4 is 5.82 Å². The van der Waals surface area contributed by atoms with E-state index in [1.807, 2.05) is 6.07 Å². The van der Waals surface area contributed by atoms with Gasteiger partial charge in [-0.15, -0.1) is 0 Å². The van der Waals surface area contributed by atoms with Crippen molar-refractivity contribution in [2.75, 3.05) is 24.7 Å². The molecule has 0 unspecified atom stereocenters. The molecule has 0 bridgehead atoms. The summed E-state index contributed by atoms with van der Waals surface area (Å²) in [6, 6.07) is 10.9. The molecule has 2 N–H and O–H groups in total. The third kappa shape index (κ3) is 4.21. The number of ether oxygens (including phenoxy) is 1. The second-order valence-electron chi connectivity index (χ2n) is 7.92. The molecule has 5 heteroatoms. The summed E-state index contributed by atoms with van der Waals surface area (Å²) in [5, 5.41) is 1.58. The topological polar surface area (TPSA) is 54.6 Å². The molecular formula is C23H30N4O. The summed E-state index contributed by atoms with van der Waals surface area (Å²) in [6.07, 6.45) is 5.13. The number of rotatable bonds is 6. The van der Waals surface area contributed by atoms with Gasteiger partial charge in [0.2, 0.25) is 5.88 Å². The molecule has 5 nitrogen and oxygen atoms in total. The van der Waals surface area contributed by atoms with Gasteiger partial charge in [-0.1, -0.05) is 30.3 Å². The minimum atomic E-state index is 0.645. The van der Waals surface area contributed by atoms with Gasteiger partial charge in [0.15, 0.2) is 5.82 Å². The second kappa shape index (κ2) is 8.33. The van der Waals surface area contributed by atoms with E-state index in [9.17, 15) is 0 Å². The lowest BCUT2D eigenvalue weighted by Gasteiger charge is -2.29. The van der Waals surface area contributed by atoms with Crippen LogP contribution >= 0.6 is 0 Å². The van der Waals surface area contributed by atoms with Crippen molar-refractivity contribution in [2.45, 2.75) is 45.6 Å². The van der Waals surface area contributed by atoms with Gasteiger partial charge in [-0.25, -0.2) is 5.84 Å². The fourth-order valence-electron chi connectivity index (χ4n) is 4.04. The molecule has 28 heavy (non-hydrogen) atoms. The average Bonchev–Trinajstić information content (AvgIpc) is 2.70. The van der Waals surface area contributed by atoms with E-state index in [-0.39, 0.29) is 0 Å². The van der Waals surface area contributed by atoms with Crippen LogP contribution in [0, 0.1) is 6.92 Å². The van der Waals surface area contributed by atoms with Crippen LogP contribution in [0.4, 0.5) is 5.82 Å². The lowest BCUT2D eigenvalue weighted by Crippen LogP contribution is -2.34. The Kier molecular flexibility index (Phi) is 5.64. The Morgan fingerprint density at radius 2 is 1.93 bits per heavy atom. The quantitative estimate of drug-likeness (QED) is 0.613. The van der Waals surface area contributed by atoms with Gasteiger partial charge >= 0.3 is 0 Å². The molecule has 0 spiro atoms. The summed E-state index contributed by atoms with van der Waals surface area (Å²) < 4.78 is 5.88. The second-order valence-corrected chi connectivity index (χ2v) is 7.92. The van der Waals surface area contributed by atoms with Crippen LogP contribution in [0.2, 0.25) is 0 Å². The van der Waals surface area contributed by atoms with E-state index in [1.54, 1.807) is 5.01 Å². The lowest BCUT2D eigenvalue weighted by molar-refractivity contribution is 0.233. The minimum Gasteiger partial charge on any atom is -0.478 e. The molecule has 148 valence electrons. The lowest BCUT2D eigenvalue weighted by atomic mass is 9.97. The average molecular weight is 379 g/mol. The van der Waals surface area contributed by atoms with Gasteiger partial charge in [-0.05, 0) is 68.3 Å². The first kappa shape index (κ1) is 19.0. The molecule has 0 atom stereocenters. The Morgan fingerprint density at radius 3 is 2.82 bits per heavy atom. The van der Waals surface area contributed by atoms with Crippen molar-refractivity contribution in [2.24, 2.45) is 5.84 Å². The molecule has 0 saturated carbocycles. The number of hydrazine groups is 1. The third-order valence-electron chi connectivity index (χ3n) is 5.75. The molecule has 4 rings (SSSR count). The number of hydrogen-bond acceptors (Lipinski definition) is 5. The highest BCUT2D eigenvalue weighted by atomic mass is 16.5. The van der Waals surface area contributed by atoms with Gasteiger partial charge < -0.3 is 4.74 Å². The van der Waals surface area contributed by atoms with Crippen LogP contribution in [0.15, 0.2) is 42.6 Å². The van der Waals surface area contributed by atoms with Crippen molar-refractivity contribution in [3.63, 3.8) is 0 Å².